The number of aromatic nitrogens is 2. The van der Waals surface area contributed by atoms with E-state index < -0.39 is 0 Å². The quantitative estimate of drug-likeness (QED) is 0.553. The Morgan fingerprint density at radius 2 is 1.63 bits per heavy atom. The van der Waals surface area contributed by atoms with Crippen LogP contribution in [0.3, 0.4) is 0 Å². The van der Waals surface area contributed by atoms with Gasteiger partial charge in [-0.1, -0.05) is 60.2 Å². The second-order valence-corrected chi connectivity index (χ2v) is 6.83. The van der Waals surface area contributed by atoms with Crippen molar-refractivity contribution in [2.75, 3.05) is 0 Å². The number of carbonyl (C=O) groups is 2. The van der Waals surface area contributed by atoms with Crippen molar-refractivity contribution in [2.45, 2.75) is 32.6 Å². The highest BCUT2D eigenvalue weighted by molar-refractivity contribution is 5.98. The summed E-state index contributed by atoms with van der Waals surface area (Å²) in [5.74, 6) is 1.03. The van der Waals surface area contributed by atoms with Gasteiger partial charge in [0.25, 0.3) is 0 Å². The van der Waals surface area contributed by atoms with Gasteiger partial charge in [0, 0.05) is 49.3 Å². The first-order chi connectivity index (χ1) is 13.0. The minimum atomic E-state index is 0.0234. The summed E-state index contributed by atoms with van der Waals surface area (Å²) in [6.07, 6.45) is 3.44. The molecule has 27 heavy (non-hydrogen) atoms. The zero-order valence-corrected chi connectivity index (χ0v) is 15.8. The maximum absolute atomic E-state index is 12.2. The van der Waals surface area contributed by atoms with Crippen LogP contribution in [-0.2, 0) is 18.3 Å². The Kier molecular flexibility index (Phi) is 5.97. The highest BCUT2D eigenvalue weighted by Crippen LogP contribution is 2.19. The number of Topliss-reactive ketones (excluding diaryl/α,β-unsaturated/α-hetero) is 2. The Hall–Kier alpha value is -3.01. The Balaban J connectivity index is 1.52. The van der Waals surface area contributed by atoms with E-state index in [1.54, 1.807) is 0 Å². The molecule has 0 bridgehead atoms. The first-order valence-electron chi connectivity index (χ1n) is 9.22. The van der Waals surface area contributed by atoms with E-state index in [1.165, 1.54) is 0 Å². The van der Waals surface area contributed by atoms with Crippen LogP contribution in [0, 0.1) is 6.92 Å². The minimum Gasteiger partial charge on any atom is -0.331 e. The molecule has 1 heterocycles. The van der Waals surface area contributed by atoms with Crippen molar-refractivity contribution >= 4 is 11.6 Å². The molecule has 0 saturated carbocycles. The van der Waals surface area contributed by atoms with Gasteiger partial charge < -0.3 is 4.57 Å². The predicted molar refractivity (Wildman–Crippen MR) is 107 cm³/mol. The molecule has 3 rings (SSSR count). The van der Waals surface area contributed by atoms with Crippen LogP contribution in [0.15, 0.2) is 60.8 Å². The number of nitrogens with zero attached hydrogens (tertiary/aromatic N) is 2. The second-order valence-electron chi connectivity index (χ2n) is 6.83. The van der Waals surface area contributed by atoms with E-state index in [1.807, 2.05) is 79.3 Å². The number of hydrogen-bond acceptors (Lipinski definition) is 3. The van der Waals surface area contributed by atoms with Crippen molar-refractivity contribution in [3.8, 4) is 11.4 Å². The molecule has 0 atom stereocenters. The summed E-state index contributed by atoms with van der Waals surface area (Å²) in [5.41, 5.74) is 3.87. The fraction of sp³-hybridized carbons (Fsp3) is 0.261. The van der Waals surface area contributed by atoms with Gasteiger partial charge in [-0.25, -0.2) is 4.98 Å². The average Bonchev–Trinajstić information content (AvgIpc) is 3.06. The van der Waals surface area contributed by atoms with Crippen LogP contribution in [0.5, 0.6) is 0 Å². The standard InChI is InChI=1S/C23H24N2O2/c1-17-8-10-18(11-9-17)22(27)15-14-21(26)13-12-20-16-24-23(25(20)2)19-6-4-3-5-7-19/h3-11,16H,12-15H2,1-2H3. The van der Waals surface area contributed by atoms with E-state index in [9.17, 15) is 9.59 Å². The molecule has 1 aromatic heterocycles. The molecule has 0 amide bonds. The van der Waals surface area contributed by atoms with E-state index in [2.05, 4.69) is 4.98 Å². The zero-order valence-electron chi connectivity index (χ0n) is 15.8. The highest BCUT2D eigenvalue weighted by atomic mass is 16.1. The van der Waals surface area contributed by atoms with Crippen LogP contribution in [-0.4, -0.2) is 21.1 Å². The Morgan fingerprint density at radius 1 is 0.926 bits per heavy atom. The van der Waals surface area contributed by atoms with E-state index in [0.29, 0.717) is 18.4 Å². The lowest BCUT2D eigenvalue weighted by molar-refractivity contribution is -0.119. The van der Waals surface area contributed by atoms with Gasteiger partial charge >= 0.3 is 0 Å². The number of aryl methyl sites for hydroxylation is 2. The summed E-state index contributed by atoms with van der Waals surface area (Å²) in [7, 11) is 1.97. The van der Waals surface area contributed by atoms with E-state index >= 15 is 0 Å². The van der Waals surface area contributed by atoms with Crippen molar-refractivity contribution in [1.29, 1.82) is 0 Å². The molecular formula is C23H24N2O2. The number of rotatable bonds is 8. The predicted octanol–water partition coefficient (Wildman–Crippen LogP) is 4.56. The van der Waals surface area contributed by atoms with Gasteiger partial charge in [-0.2, -0.15) is 0 Å². The fourth-order valence-electron chi connectivity index (χ4n) is 3.06. The van der Waals surface area contributed by atoms with Crippen molar-refractivity contribution in [3.05, 3.63) is 77.6 Å². The maximum Gasteiger partial charge on any atom is 0.163 e. The van der Waals surface area contributed by atoms with Crippen LogP contribution in [0.4, 0.5) is 0 Å². The minimum absolute atomic E-state index is 0.0234. The Morgan fingerprint density at radius 3 is 2.33 bits per heavy atom. The summed E-state index contributed by atoms with van der Waals surface area (Å²) >= 11 is 0. The molecule has 0 radical (unpaired) electrons. The summed E-state index contributed by atoms with van der Waals surface area (Å²) in [6, 6.07) is 17.5. The molecule has 0 fully saturated rings. The lowest BCUT2D eigenvalue weighted by Crippen LogP contribution is -2.07. The third-order valence-corrected chi connectivity index (χ3v) is 4.78. The summed E-state index contributed by atoms with van der Waals surface area (Å²) < 4.78 is 2.03. The van der Waals surface area contributed by atoms with Crippen LogP contribution in [0.25, 0.3) is 11.4 Å². The van der Waals surface area contributed by atoms with Crippen molar-refractivity contribution in [1.82, 2.24) is 9.55 Å². The molecule has 0 aliphatic rings. The first-order valence-corrected chi connectivity index (χ1v) is 9.22. The van der Waals surface area contributed by atoms with E-state index in [-0.39, 0.29) is 24.4 Å². The third-order valence-electron chi connectivity index (χ3n) is 4.78. The van der Waals surface area contributed by atoms with Crippen LogP contribution in [0.2, 0.25) is 0 Å². The SMILES string of the molecule is Cc1ccc(C(=O)CCC(=O)CCc2cnc(-c3ccccc3)n2C)cc1. The number of carbonyl (C=O) groups excluding carboxylic acids is 2. The molecule has 0 aliphatic heterocycles. The molecule has 2 aromatic carbocycles. The van der Waals surface area contributed by atoms with E-state index in [0.717, 1.165) is 22.6 Å². The summed E-state index contributed by atoms with van der Waals surface area (Å²) in [6.45, 7) is 1.99. The van der Waals surface area contributed by atoms with Gasteiger partial charge in [0.05, 0.1) is 0 Å². The highest BCUT2D eigenvalue weighted by Gasteiger charge is 2.12. The van der Waals surface area contributed by atoms with Crippen molar-refractivity contribution in [2.24, 2.45) is 7.05 Å². The third kappa shape index (κ3) is 4.79. The number of benzene rings is 2. The summed E-state index contributed by atoms with van der Waals surface area (Å²) in [5, 5.41) is 0. The largest absolute Gasteiger partial charge is 0.331 e. The van der Waals surface area contributed by atoms with Gasteiger partial charge in [-0.3, -0.25) is 9.59 Å². The monoisotopic (exact) mass is 360 g/mol. The van der Waals surface area contributed by atoms with Gasteiger partial charge in [-0.05, 0) is 13.3 Å². The average molecular weight is 360 g/mol. The van der Waals surface area contributed by atoms with Crippen molar-refractivity contribution in [3.63, 3.8) is 0 Å². The molecule has 0 unspecified atom stereocenters. The topological polar surface area (TPSA) is 52.0 Å². The van der Waals surface area contributed by atoms with Gasteiger partial charge in [-0.15, -0.1) is 0 Å². The molecule has 138 valence electrons. The zero-order chi connectivity index (χ0) is 19.2. The number of ketones is 2. The Labute approximate surface area is 159 Å². The van der Waals surface area contributed by atoms with Crippen LogP contribution >= 0.6 is 0 Å². The fourth-order valence-corrected chi connectivity index (χ4v) is 3.06. The molecular weight excluding hydrogens is 336 g/mol. The number of hydrogen-bond donors (Lipinski definition) is 0. The molecule has 0 aliphatic carbocycles. The molecule has 0 N–H and O–H groups in total. The maximum atomic E-state index is 12.2. The smallest absolute Gasteiger partial charge is 0.163 e. The molecule has 0 spiro atoms. The second kappa shape index (κ2) is 8.58. The normalized spacial score (nSPS) is 10.7. The van der Waals surface area contributed by atoms with Gasteiger partial charge in [0.15, 0.2) is 5.78 Å². The lowest BCUT2D eigenvalue weighted by atomic mass is 10.0. The van der Waals surface area contributed by atoms with Crippen LogP contribution in [0.1, 0.15) is 40.9 Å². The van der Waals surface area contributed by atoms with E-state index in [4.69, 9.17) is 0 Å². The van der Waals surface area contributed by atoms with Gasteiger partial charge in [0.1, 0.15) is 11.6 Å². The molecule has 4 heteroatoms. The molecule has 0 saturated heterocycles. The van der Waals surface area contributed by atoms with Crippen LogP contribution < -0.4 is 0 Å². The first kappa shape index (κ1) is 18.8. The molecule has 3 aromatic rings. The summed E-state index contributed by atoms with van der Waals surface area (Å²) in [4.78, 5) is 28.9. The number of imidazole rings is 1. The lowest BCUT2D eigenvalue weighted by Gasteiger charge is -2.06. The molecule has 4 nitrogen and oxygen atoms in total. The van der Waals surface area contributed by atoms with Crippen molar-refractivity contribution < 1.29 is 9.59 Å². The van der Waals surface area contributed by atoms with Gasteiger partial charge in [0.2, 0.25) is 0 Å². The Bertz CT molecular complexity index is 925.